The number of rotatable bonds is 6. The summed E-state index contributed by atoms with van der Waals surface area (Å²) >= 11 is 0. The number of carbonyl (C=O) groups is 3. The Morgan fingerprint density at radius 2 is 1.64 bits per heavy atom. The normalized spacial score (nSPS) is 18.1. The van der Waals surface area contributed by atoms with E-state index >= 15 is 0 Å². The third-order valence-electron chi connectivity index (χ3n) is 7.79. The predicted molar refractivity (Wildman–Crippen MR) is 156 cm³/mol. The van der Waals surface area contributed by atoms with Crippen molar-refractivity contribution in [3.05, 3.63) is 35.8 Å². The second kappa shape index (κ2) is 15.1. The highest BCUT2D eigenvalue weighted by atomic mass is 19.4. The zero-order valence-corrected chi connectivity index (χ0v) is 24.9. The van der Waals surface area contributed by atoms with E-state index in [9.17, 15) is 22.8 Å². The maximum Gasteiger partial charge on any atom is 0.490 e. The van der Waals surface area contributed by atoms with Crippen LogP contribution >= 0.6 is 0 Å². The largest absolute Gasteiger partial charge is 0.490 e. The number of hydrogen-bond donors (Lipinski definition) is 2. The molecule has 3 saturated heterocycles. The van der Waals surface area contributed by atoms with Crippen LogP contribution in [0, 0.1) is 17.2 Å². The van der Waals surface area contributed by atoms with Crippen molar-refractivity contribution in [2.24, 2.45) is 5.92 Å². The maximum absolute atomic E-state index is 12.8. The van der Waals surface area contributed by atoms with Gasteiger partial charge in [0.15, 0.2) is 11.6 Å². The molecule has 0 spiro atoms. The van der Waals surface area contributed by atoms with E-state index in [0.717, 1.165) is 50.7 Å². The van der Waals surface area contributed by atoms with Crippen LogP contribution in [0.25, 0.3) is 0 Å². The zero-order valence-electron chi connectivity index (χ0n) is 24.9. The molecule has 0 unspecified atom stereocenters. The van der Waals surface area contributed by atoms with Crippen molar-refractivity contribution >= 4 is 35.1 Å². The third-order valence-corrected chi connectivity index (χ3v) is 7.79. The van der Waals surface area contributed by atoms with Gasteiger partial charge in [0, 0.05) is 52.4 Å². The molecule has 2 amide bonds. The van der Waals surface area contributed by atoms with Crippen LogP contribution in [0.3, 0.4) is 0 Å². The molecule has 0 radical (unpaired) electrons. The van der Waals surface area contributed by atoms with Crippen molar-refractivity contribution in [2.45, 2.75) is 25.9 Å². The fourth-order valence-corrected chi connectivity index (χ4v) is 5.11. The van der Waals surface area contributed by atoms with Crippen LogP contribution in [0.1, 0.15) is 36.1 Å². The van der Waals surface area contributed by atoms with E-state index in [-0.39, 0.29) is 17.4 Å². The Hall–Kier alpha value is -4.36. The van der Waals surface area contributed by atoms with Gasteiger partial charge in [0.05, 0.1) is 25.4 Å². The molecule has 5 heterocycles. The van der Waals surface area contributed by atoms with Gasteiger partial charge in [-0.15, -0.1) is 0 Å². The number of morpholine rings is 1. The first-order valence-corrected chi connectivity index (χ1v) is 14.6. The molecule has 13 nitrogen and oxygen atoms in total. The molecule has 0 bridgehead atoms. The van der Waals surface area contributed by atoms with Crippen LogP contribution in [0.2, 0.25) is 0 Å². The molecule has 5 rings (SSSR count). The van der Waals surface area contributed by atoms with Crippen molar-refractivity contribution in [2.75, 3.05) is 87.2 Å². The lowest BCUT2D eigenvalue weighted by atomic mass is 9.99. The highest BCUT2D eigenvalue weighted by molar-refractivity contribution is 6.04. The summed E-state index contributed by atoms with van der Waals surface area (Å²) in [5.41, 5.74) is 0.613. The monoisotopic (exact) mass is 635 g/mol. The number of alkyl halides is 3. The minimum absolute atomic E-state index is 0.0849. The lowest BCUT2D eigenvalue weighted by molar-refractivity contribution is -0.192. The molecule has 0 aliphatic carbocycles. The lowest BCUT2D eigenvalue weighted by Crippen LogP contribution is -2.52. The Labute approximate surface area is 258 Å². The number of carbonyl (C=O) groups excluding carboxylic acids is 2. The first kappa shape index (κ1) is 33.5. The number of ether oxygens (including phenoxy) is 1. The number of piperidine rings is 1. The number of hydrogen-bond acceptors (Lipinski definition) is 10. The first-order chi connectivity index (χ1) is 21.4. The standard InChI is InChI=1S/C27H35N7O4.C2HF3O2/c1-20-6-8-34(9-7-20)26-22(29-27(36)23-4-2-21(18-28)38-23)3-5-24(30-26)32-10-12-33(13-11-32)25(35)19-31-14-16-37-17-15-31;3-2(4,5)1(6)7/h2-5,20H,6-17,19H2,1H3,(H,29,36);(H,6,7). The van der Waals surface area contributed by atoms with Gasteiger partial charge in [0.1, 0.15) is 11.9 Å². The van der Waals surface area contributed by atoms with Gasteiger partial charge < -0.3 is 34.3 Å². The van der Waals surface area contributed by atoms with Gasteiger partial charge in [-0.05, 0) is 43.0 Å². The number of furan rings is 1. The number of nitrogens with zero attached hydrogens (tertiary/aromatic N) is 6. The number of carboxylic acid groups (broad SMARTS) is 1. The molecular formula is C29H36F3N7O6. The molecule has 2 aromatic rings. The lowest BCUT2D eigenvalue weighted by Gasteiger charge is -2.38. The van der Waals surface area contributed by atoms with Crippen molar-refractivity contribution < 1.29 is 41.8 Å². The van der Waals surface area contributed by atoms with Crippen molar-refractivity contribution in [1.29, 1.82) is 5.26 Å². The van der Waals surface area contributed by atoms with Gasteiger partial charge in [-0.25, -0.2) is 9.78 Å². The molecule has 45 heavy (non-hydrogen) atoms. The van der Waals surface area contributed by atoms with E-state index in [0.29, 0.717) is 57.5 Å². The molecule has 3 fully saturated rings. The highest BCUT2D eigenvalue weighted by Crippen LogP contribution is 2.31. The Morgan fingerprint density at radius 1 is 1.00 bits per heavy atom. The number of halogens is 3. The second-order valence-corrected chi connectivity index (χ2v) is 11.0. The fraction of sp³-hybridized carbons (Fsp3) is 0.552. The summed E-state index contributed by atoms with van der Waals surface area (Å²) in [5.74, 6) is -0.603. The average Bonchev–Trinajstić information content (AvgIpc) is 3.52. The molecule has 0 aromatic carbocycles. The Morgan fingerprint density at radius 3 is 2.22 bits per heavy atom. The molecule has 0 saturated carbocycles. The van der Waals surface area contributed by atoms with Crippen LogP contribution in [0.15, 0.2) is 28.7 Å². The van der Waals surface area contributed by atoms with Gasteiger partial charge in [0.2, 0.25) is 11.7 Å². The van der Waals surface area contributed by atoms with E-state index in [1.54, 1.807) is 0 Å². The van der Waals surface area contributed by atoms with Crippen LogP contribution in [-0.4, -0.2) is 116 Å². The van der Waals surface area contributed by atoms with E-state index in [2.05, 4.69) is 26.9 Å². The minimum Gasteiger partial charge on any atom is -0.475 e. The topological polar surface area (TPSA) is 155 Å². The van der Waals surface area contributed by atoms with Crippen molar-refractivity contribution in [3.8, 4) is 6.07 Å². The van der Waals surface area contributed by atoms with Gasteiger partial charge in [-0.1, -0.05) is 6.92 Å². The number of amides is 2. The van der Waals surface area contributed by atoms with E-state index in [1.807, 2.05) is 23.1 Å². The molecular weight excluding hydrogens is 599 g/mol. The van der Waals surface area contributed by atoms with Gasteiger partial charge >= 0.3 is 12.1 Å². The number of nitrogens with one attached hydrogen (secondary N) is 1. The Bertz CT molecular complexity index is 1370. The summed E-state index contributed by atoms with van der Waals surface area (Å²) < 4.78 is 42.4. The summed E-state index contributed by atoms with van der Waals surface area (Å²) in [6.45, 7) is 10.1. The van der Waals surface area contributed by atoms with Gasteiger partial charge in [-0.2, -0.15) is 18.4 Å². The summed E-state index contributed by atoms with van der Waals surface area (Å²) in [5, 5.41) is 19.1. The number of aromatic nitrogens is 1. The van der Waals surface area contributed by atoms with Crippen LogP contribution in [0.4, 0.5) is 30.5 Å². The third kappa shape index (κ3) is 9.32. The van der Waals surface area contributed by atoms with Gasteiger partial charge in [-0.3, -0.25) is 14.5 Å². The fourth-order valence-electron chi connectivity index (χ4n) is 5.11. The van der Waals surface area contributed by atoms with E-state index in [4.69, 9.17) is 29.3 Å². The molecule has 2 aromatic heterocycles. The number of piperazine rings is 1. The van der Waals surface area contributed by atoms with Crippen LogP contribution < -0.4 is 15.1 Å². The van der Waals surface area contributed by atoms with E-state index in [1.165, 1.54) is 12.1 Å². The van der Waals surface area contributed by atoms with E-state index < -0.39 is 18.1 Å². The predicted octanol–water partition coefficient (Wildman–Crippen LogP) is 2.65. The van der Waals surface area contributed by atoms with Crippen LogP contribution in [-0.2, 0) is 14.3 Å². The van der Waals surface area contributed by atoms with Crippen molar-refractivity contribution in [1.82, 2.24) is 14.8 Å². The van der Waals surface area contributed by atoms with Crippen LogP contribution in [0.5, 0.6) is 0 Å². The highest BCUT2D eigenvalue weighted by Gasteiger charge is 2.38. The molecule has 2 N–H and O–H groups in total. The number of pyridine rings is 1. The molecule has 0 atom stereocenters. The number of aliphatic carboxylic acids is 1. The smallest absolute Gasteiger partial charge is 0.475 e. The van der Waals surface area contributed by atoms with Gasteiger partial charge in [0.25, 0.3) is 5.91 Å². The number of nitriles is 1. The summed E-state index contributed by atoms with van der Waals surface area (Å²) in [6, 6.07) is 8.68. The maximum atomic E-state index is 12.8. The summed E-state index contributed by atoms with van der Waals surface area (Å²) in [7, 11) is 0. The average molecular weight is 636 g/mol. The number of anilines is 3. The second-order valence-electron chi connectivity index (χ2n) is 11.0. The summed E-state index contributed by atoms with van der Waals surface area (Å²) in [4.78, 5) is 48.1. The number of carboxylic acids is 1. The SMILES string of the molecule is CC1CCN(c2nc(N3CCN(C(=O)CN4CCOCC4)CC3)ccc2NC(=O)c2ccc(C#N)o2)CC1.O=C(O)C(F)(F)F. The van der Waals surface area contributed by atoms with Crippen molar-refractivity contribution in [3.63, 3.8) is 0 Å². The molecule has 244 valence electrons. The molecule has 16 heteroatoms. The summed E-state index contributed by atoms with van der Waals surface area (Å²) in [6.07, 6.45) is -2.96. The zero-order chi connectivity index (χ0) is 32.6. The quantitative estimate of drug-likeness (QED) is 0.481. The first-order valence-electron chi connectivity index (χ1n) is 14.6. The Kier molecular flexibility index (Phi) is 11.2. The minimum atomic E-state index is -5.08. The molecule has 3 aliphatic heterocycles. The Balaban J connectivity index is 0.000000591. The molecule has 3 aliphatic rings.